The van der Waals surface area contributed by atoms with Gasteiger partial charge in [-0.15, -0.1) is 11.3 Å². The van der Waals surface area contributed by atoms with E-state index in [-0.39, 0.29) is 0 Å². The number of nitrogens with two attached hydrogens (primary N) is 1. The Morgan fingerprint density at radius 3 is 2.81 bits per heavy atom. The number of anilines is 1. The first-order chi connectivity index (χ1) is 10.3. The lowest BCUT2D eigenvalue weighted by Crippen LogP contribution is -2.43. The number of hydrogen-bond acceptors (Lipinski definition) is 5. The number of rotatable bonds is 5. The molecule has 5 heteroatoms. The van der Waals surface area contributed by atoms with E-state index in [1.807, 2.05) is 5.38 Å². The number of hydrogen-bond donors (Lipinski definition) is 2. The van der Waals surface area contributed by atoms with E-state index in [0.717, 1.165) is 25.2 Å². The van der Waals surface area contributed by atoms with Gasteiger partial charge in [0.25, 0.3) is 0 Å². The zero-order valence-electron chi connectivity index (χ0n) is 12.2. The minimum atomic E-state index is 0.639. The lowest BCUT2D eigenvalue weighted by Gasteiger charge is -2.27. The molecule has 21 heavy (non-hydrogen) atoms. The molecule has 0 saturated carbocycles. The minimum Gasteiger partial charge on any atom is -0.375 e. The summed E-state index contributed by atoms with van der Waals surface area (Å²) >= 11 is 1.51. The maximum absolute atomic E-state index is 5.76. The summed E-state index contributed by atoms with van der Waals surface area (Å²) in [6, 6.07) is 8.54. The van der Waals surface area contributed by atoms with Crippen molar-refractivity contribution in [2.45, 2.75) is 12.8 Å². The summed E-state index contributed by atoms with van der Waals surface area (Å²) in [6.07, 6.45) is 2.29. The van der Waals surface area contributed by atoms with E-state index in [1.165, 1.54) is 48.5 Å². The molecule has 0 bridgehead atoms. The van der Waals surface area contributed by atoms with Gasteiger partial charge in [0.15, 0.2) is 5.13 Å². The summed E-state index contributed by atoms with van der Waals surface area (Å²) in [5.74, 6) is 0. The molecule has 1 aromatic heterocycles. The third-order valence-electron chi connectivity index (χ3n) is 3.95. The lowest BCUT2D eigenvalue weighted by molar-refractivity contribution is 0.238. The van der Waals surface area contributed by atoms with Crippen molar-refractivity contribution in [2.24, 2.45) is 0 Å². The molecular weight excluding hydrogens is 280 g/mol. The average Bonchev–Trinajstić information content (AvgIpc) is 2.95. The summed E-state index contributed by atoms with van der Waals surface area (Å²) < 4.78 is 0. The molecule has 3 N–H and O–H groups in total. The molecule has 3 rings (SSSR count). The Kier molecular flexibility index (Phi) is 4.85. The van der Waals surface area contributed by atoms with Crippen molar-refractivity contribution < 1.29 is 0 Å². The highest BCUT2D eigenvalue weighted by Gasteiger charge is 2.11. The second kappa shape index (κ2) is 7.02. The van der Waals surface area contributed by atoms with Crippen LogP contribution in [-0.4, -0.2) is 42.6 Å². The molecule has 0 amide bonds. The maximum atomic E-state index is 5.76. The number of nitrogens with one attached hydrogen (secondary N) is 1. The topological polar surface area (TPSA) is 54.2 Å². The highest BCUT2D eigenvalue weighted by atomic mass is 32.1. The first-order valence-corrected chi connectivity index (χ1v) is 8.43. The normalized spacial score (nSPS) is 16.2. The van der Waals surface area contributed by atoms with Gasteiger partial charge in [-0.1, -0.05) is 24.3 Å². The SMILES string of the molecule is Nc1nc(-c2ccccc2CCCN2CCNCC2)cs1. The first kappa shape index (κ1) is 14.5. The summed E-state index contributed by atoms with van der Waals surface area (Å²) in [5, 5.41) is 6.08. The molecule has 2 aromatic rings. The number of aryl methyl sites for hydroxylation is 1. The Labute approximate surface area is 130 Å². The zero-order valence-corrected chi connectivity index (χ0v) is 13.0. The van der Waals surface area contributed by atoms with Crippen molar-refractivity contribution >= 4 is 16.5 Å². The van der Waals surface area contributed by atoms with Crippen molar-refractivity contribution in [3.05, 3.63) is 35.2 Å². The van der Waals surface area contributed by atoms with Gasteiger partial charge in [0, 0.05) is 37.1 Å². The quantitative estimate of drug-likeness (QED) is 0.889. The fourth-order valence-electron chi connectivity index (χ4n) is 2.83. The summed E-state index contributed by atoms with van der Waals surface area (Å²) in [5.41, 5.74) is 9.37. The highest BCUT2D eigenvalue weighted by Crippen LogP contribution is 2.27. The van der Waals surface area contributed by atoms with Crippen LogP contribution in [0.5, 0.6) is 0 Å². The van der Waals surface area contributed by atoms with Crippen molar-refractivity contribution in [1.82, 2.24) is 15.2 Å². The molecule has 4 nitrogen and oxygen atoms in total. The van der Waals surface area contributed by atoms with Crippen molar-refractivity contribution in [3.63, 3.8) is 0 Å². The van der Waals surface area contributed by atoms with Crippen LogP contribution >= 0.6 is 11.3 Å². The fraction of sp³-hybridized carbons (Fsp3) is 0.438. The van der Waals surface area contributed by atoms with E-state index in [9.17, 15) is 0 Å². The van der Waals surface area contributed by atoms with Crippen LogP contribution in [0.3, 0.4) is 0 Å². The lowest BCUT2D eigenvalue weighted by atomic mass is 10.0. The number of aromatic nitrogens is 1. The molecule has 1 aliphatic heterocycles. The zero-order chi connectivity index (χ0) is 14.5. The molecule has 1 saturated heterocycles. The monoisotopic (exact) mass is 302 g/mol. The summed E-state index contributed by atoms with van der Waals surface area (Å²) in [7, 11) is 0. The molecule has 1 aliphatic rings. The van der Waals surface area contributed by atoms with Crippen molar-refractivity contribution in [1.29, 1.82) is 0 Å². The van der Waals surface area contributed by atoms with Crippen LogP contribution < -0.4 is 11.1 Å². The van der Waals surface area contributed by atoms with Crippen LogP contribution in [0.25, 0.3) is 11.3 Å². The van der Waals surface area contributed by atoms with Crippen molar-refractivity contribution in [3.8, 4) is 11.3 Å². The molecule has 0 aliphatic carbocycles. The Morgan fingerprint density at radius 1 is 1.24 bits per heavy atom. The predicted octanol–water partition coefficient (Wildman–Crippen LogP) is 2.23. The molecule has 0 spiro atoms. The first-order valence-electron chi connectivity index (χ1n) is 7.55. The van der Waals surface area contributed by atoms with Crippen LogP contribution in [0.2, 0.25) is 0 Å². The average molecular weight is 302 g/mol. The minimum absolute atomic E-state index is 0.639. The van der Waals surface area contributed by atoms with Crippen LogP contribution in [0.15, 0.2) is 29.6 Å². The summed E-state index contributed by atoms with van der Waals surface area (Å²) in [4.78, 5) is 6.96. The Hall–Kier alpha value is -1.43. The fourth-order valence-corrected chi connectivity index (χ4v) is 3.39. The van der Waals surface area contributed by atoms with Crippen LogP contribution in [0, 0.1) is 0 Å². The van der Waals surface area contributed by atoms with Crippen LogP contribution in [-0.2, 0) is 6.42 Å². The van der Waals surface area contributed by atoms with E-state index in [2.05, 4.69) is 39.5 Å². The van der Waals surface area contributed by atoms with Gasteiger partial charge in [0.2, 0.25) is 0 Å². The Bertz CT molecular complexity index is 575. The van der Waals surface area contributed by atoms with E-state index in [1.54, 1.807) is 0 Å². The molecule has 0 radical (unpaired) electrons. The van der Waals surface area contributed by atoms with Gasteiger partial charge in [0.1, 0.15) is 0 Å². The van der Waals surface area contributed by atoms with Gasteiger partial charge in [-0.25, -0.2) is 4.98 Å². The second-order valence-corrected chi connectivity index (χ2v) is 6.31. The third-order valence-corrected chi connectivity index (χ3v) is 4.62. The van der Waals surface area contributed by atoms with Gasteiger partial charge >= 0.3 is 0 Å². The molecular formula is C16H22N4S. The number of nitrogens with zero attached hydrogens (tertiary/aromatic N) is 2. The van der Waals surface area contributed by atoms with Crippen LogP contribution in [0.1, 0.15) is 12.0 Å². The summed E-state index contributed by atoms with van der Waals surface area (Å²) in [6.45, 7) is 5.76. The van der Waals surface area contributed by atoms with E-state index in [0.29, 0.717) is 5.13 Å². The van der Waals surface area contributed by atoms with E-state index >= 15 is 0 Å². The number of thiazole rings is 1. The van der Waals surface area contributed by atoms with Crippen LogP contribution in [0.4, 0.5) is 5.13 Å². The van der Waals surface area contributed by atoms with Gasteiger partial charge < -0.3 is 16.0 Å². The molecule has 2 heterocycles. The third kappa shape index (κ3) is 3.81. The van der Waals surface area contributed by atoms with Gasteiger partial charge in [-0.2, -0.15) is 0 Å². The van der Waals surface area contributed by atoms with Crippen molar-refractivity contribution in [2.75, 3.05) is 38.5 Å². The van der Waals surface area contributed by atoms with E-state index in [4.69, 9.17) is 5.73 Å². The Balaban J connectivity index is 1.62. The van der Waals surface area contributed by atoms with Gasteiger partial charge in [-0.05, 0) is 24.9 Å². The number of piperazine rings is 1. The highest BCUT2D eigenvalue weighted by molar-refractivity contribution is 7.13. The van der Waals surface area contributed by atoms with Gasteiger partial charge in [-0.3, -0.25) is 0 Å². The smallest absolute Gasteiger partial charge is 0.180 e. The molecule has 0 unspecified atom stereocenters. The number of benzene rings is 1. The maximum Gasteiger partial charge on any atom is 0.180 e. The standard InChI is InChI=1S/C16H22N4S/c17-16-19-15(12-21-16)14-6-2-1-4-13(14)5-3-9-20-10-7-18-8-11-20/h1-2,4,6,12,18H,3,5,7-11H2,(H2,17,19). The van der Waals surface area contributed by atoms with E-state index < -0.39 is 0 Å². The second-order valence-electron chi connectivity index (χ2n) is 5.42. The molecule has 1 aromatic carbocycles. The molecule has 1 fully saturated rings. The predicted molar refractivity (Wildman–Crippen MR) is 89.6 cm³/mol. The largest absolute Gasteiger partial charge is 0.375 e. The van der Waals surface area contributed by atoms with Gasteiger partial charge in [0.05, 0.1) is 5.69 Å². The Morgan fingerprint density at radius 2 is 2.05 bits per heavy atom. The molecule has 0 atom stereocenters. The number of nitrogen functional groups attached to an aromatic ring is 1. The molecule has 112 valence electrons.